The van der Waals surface area contributed by atoms with Gasteiger partial charge >= 0.3 is 335 Å². The van der Waals surface area contributed by atoms with Crippen molar-refractivity contribution in [3.8, 4) is 0 Å². The fourth-order valence-corrected chi connectivity index (χ4v) is 25.0. The molecule has 53 heavy (non-hydrogen) atoms. The number of hydrogen-bond donors (Lipinski definition) is 1. The third-order valence-electron chi connectivity index (χ3n) is 13.5. The van der Waals surface area contributed by atoms with Crippen molar-refractivity contribution in [2.24, 2.45) is 0 Å². The molecule has 0 spiro atoms. The van der Waals surface area contributed by atoms with E-state index in [-0.39, 0.29) is 33.4 Å². The van der Waals surface area contributed by atoms with Crippen molar-refractivity contribution in [3.05, 3.63) is 18.0 Å². The number of unbranched alkanes of at least 4 members (excludes halogenated alkanes) is 3. The summed E-state index contributed by atoms with van der Waals surface area (Å²) in [7, 11) is -6.59. The SMILES string of the molecule is CCC[CH2][Sn]([CH2]CCC)([CH2]CCC)[c]1nc(N)c2ncn([C@@H]3C=C(CO[Si](C)(C)C(C)(C)C)[C@@H](O[Si](C)(C)C(C)(C)C)[C@H]3O[Si](C)(C)C(C)(C)C)c2n1. The molecule has 0 aromatic carbocycles. The Balaban J connectivity index is 2.35. The zero-order valence-electron chi connectivity index (χ0n) is 37.5. The molecule has 0 unspecified atom stereocenters. The topological polar surface area (TPSA) is 97.3 Å². The van der Waals surface area contributed by atoms with E-state index in [1.807, 2.05) is 6.33 Å². The summed E-state index contributed by atoms with van der Waals surface area (Å²) in [5.74, 6) is 0.522. The van der Waals surface area contributed by atoms with E-state index in [2.05, 4.69) is 133 Å². The number of nitrogens with zero attached hydrogens (tertiary/aromatic N) is 4. The number of fused-ring (bicyclic) bond motifs is 1. The maximum atomic E-state index is 7.57. The quantitative estimate of drug-likeness (QED) is 0.118. The minimum atomic E-state index is -3.04. The van der Waals surface area contributed by atoms with Gasteiger partial charge < -0.3 is 0 Å². The Labute approximate surface area is 332 Å². The molecule has 1 aliphatic carbocycles. The van der Waals surface area contributed by atoms with Crippen LogP contribution in [0.5, 0.6) is 0 Å². The molecular formula is C41H81N5O3Si3Sn. The molecule has 0 bridgehead atoms. The summed E-state index contributed by atoms with van der Waals surface area (Å²) < 4.78 is 29.3. The summed E-state index contributed by atoms with van der Waals surface area (Å²) in [6.07, 6.45) is 11.1. The average Bonchev–Trinajstić information content (AvgIpc) is 3.59. The fraction of sp³-hybridized carbons (Fsp3) is 0.829. The first-order valence-electron chi connectivity index (χ1n) is 20.9. The van der Waals surface area contributed by atoms with Crippen molar-refractivity contribution in [3.63, 3.8) is 0 Å². The second-order valence-corrected chi connectivity index (χ2v) is 48.0. The average molecular weight is 895 g/mol. The van der Waals surface area contributed by atoms with Gasteiger partial charge in [0, 0.05) is 0 Å². The predicted molar refractivity (Wildman–Crippen MR) is 239 cm³/mol. The van der Waals surface area contributed by atoms with Crippen LogP contribution in [0, 0.1) is 0 Å². The van der Waals surface area contributed by atoms with E-state index in [1.54, 1.807) is 0 Å². The number of nitrogen functional groups attached to an aromatic ring is 1. The van der Waals surface area contributed by atoms with Crippen LogP contribution < -0.4 is 9.57 Å². The third kappa shape index (κ3) is 10.7. The van der Waals surface area contributed by atoms with Crippen LogP contribution in [0.3, 0.4) is 0 Å². The molecule has 1 aliphatic rings. The molecule has 12 heteroatoms. The van der Waals surface area contributed by atoms with Crippen LogP contribution >= 0.6 is 0 Å². The molecule has 0 saturated carbocycles. The summed E-state index contributed by atoms with van der Waals surface area (Å²) in [6.45, 7) is 42.5. The van der Waals surface area contributed by atoms with Gasteiger partial charge in [-0.15, -0.1) is 0 Å². The molecular weight excluding hydrogens is 813 g/mol. The van der Waals surface area contributed by atoms with Crippen LogP contribution in [0.2, 0.25) is 67.7 Å². The summed E-state index contributed by atoms with van der Waals surface area (Å²) in [6, 6.07) is -0.171. The standard InChI is InChI=1S/C29H54N5O3Si3.3C4H9.Sn/c1-27(2,3)38(10,11)35-17-20-16-21(34-19-33-22-25(30)31-18-32-26(22)34)24(37-40(14,15)29(7,8)9)23(20)36-39(12,13)28(4,5)6;3*1-3-4-2;/h16,19,21,23-24H,17H2,1-15H3,(H2,30,31,32);3*1,3-4H2,2H3;/t21-,23-,24+;;;;/m1..../s1. The van der Waals surface area contributed by atoms with Crippen LogP contribution in [-0.4, -0.2) is 81.7 Å². The van der Waals surface area contributed by atoms with Crippen molar-refractivity contribution in [2.45, 2.75) is 208 Å². The number of imidazole rings is 1. The Morgan fingerprint density at radius 1 is 0.717 bits per heavy atom. The summed E-state index contributed by atoms with van der Waals surface area (Å²) in [4.78, 5) is 15.7. The van der Waals surface area contributed by atoms with Gasteiger partial charge in [-0.1, -0.05) is 0 Å². The van der Waals surface area contributed by atoms with Crippen molar-refractivity contribution in [1.29, 1.82) is 0 Å². The monoisotopic (exact) mass is 895 g/mol. The van der Waals surface area contributed by atoms with Crippen molar-refractivity contribution < 1.29 is 13.3 Å². The van der Waals surface area contributed by atoms with Crippen LogP contribution in [-0.2, 0) is 13.3 Å². The molecule has 3 atom stereocenters. The Morgan fingerprint density at radius 3 is 1.64 bits per heavy atom. The zero-order chi connectivity index (χ0) is 40.4. The van der Waals surface area contributed by atoms with Crippen LogP contribution in [0.4, 0.5) is 5.82 Å². The number of nitrogens with two attached hydrogens (primary N) is 1. The Kier molecular flexibility index (Phi) is 15.5. The molecule has 0 fully saturated rings. The molecule has 2 aromatic heterocycles. The number of hydrogen-bond acceptors (Lipinski definition) is 7. The zero-order valence-corrected chi connectivity index (χ0v) is 43.4. The van der Waals surface area contributed by atoms with E-state index < -0.39 is 43.3 Å². The minimum absolute atomic E-state index is 0.0160. The summed E-state index contributed by atoms with van der Waals surface area (Å²) in [5, 5.41) is 0.139. The first kappa shape index (κ1) is 46.8. The molecule has 0 amide bonds. The number of rotatable bonds is 18. The van der Waals surface area contributed by atoms with E-state index in [9.17, 15) is 0 Å². The first-order valence-corrected chi connectivity index (χ1v) is 37.1. The van der Waals surface area contributed by atoms with Gasteiger partial charge in [-0.3, -0.25) is 0 Å². The molecule has 2 N–H and O–H groups in total. The fourth-order valence-electron chi connectivity index (χ4n) is 6.58. The van der Waals surface area contributed by atoms with Crippen molar-refractivity contribution in [2.75, 3.05) is 12.3 Å². The van der Waals surface area contributed by atoms with Gasteiger partial charge in [-0.2, -0.15) is 0 Å². The first-order chi connectivity index (χ1) is 24.2. The number of aromatic nitrogens is 4. The van der Waals surface area contributed by atoms with Crippen LogP contribution in [0.1, 0.15) is 128 Å². The van der Waals surface area contributed by atoms with E-state index in [0.29, 0.717) is 17.9 Å². The number of anilines is 1. The van der Waals surface area contributed by atoms with Crippen molar-refractivity contribution >= 4 is 64.2 Å². The Bertz CT molecular complexity index is 1520. The van der Waals surface area contributed by atoms with Gasteiger partial charge in [0.15, 0.2) is 0 Å². The van der Waals surface area contributed by atoms with E-state index >= 15 is 0 Å². The van der Waals surface area contributed by atoms with Crippen LogP contribution in [0.15, 0.2) is 18.0 Å². The molecule has 3 rings (SSSR count). The molecule has 0 saturated heterocycles. The Morgan fingerprint density at radius 2 is 1.19 bits per heavy atom. The maximum absolute atomic E-state index is 7.57. The van der Waals surface area contributed by atoms with Gasteiger partial charge in [-0.05, 0) is 0 Å². The predicted octanol–water partition coefficient (Wildman–Crippen LogP) is 11.7. The normalized spacial score (nSPS) is 19.7. The van der Waals surface area contributed by atoms with Gasteiger partial charge in [0.25, 0.3) is 0 Å². The summed E-state index contributed by atoms with van der Waals surface area (Å²) in [5.41, 5.74) is 9.62. The molecule has 0 radical (unpaired) electrons. The molecule has 2 heterocycles. The van der Waals surface area contributed by atoms with E-state index in [4.69, 9.17) is 34.0 Å². The Hall–Kier alpha value is -0.581. The summed E-state index contributed by atoms with van der Waals surface area (Å²) >= 11 is -3.04. The van der Waals surface area contributed by atoms with E-state index in [1.165, 1.54) is 57.4 Å². The van der Waals surface area contributed by atoms with E-state index in [0.717, 1.165) is 9.49 Å². The van der Waals surface area contributed by atoms with Crippen molar-refractivity contribution in [1.82, 2.24) is 19.5 Å². The second kappa shape index (κ2) is 17.5. The van der Waals surface area contributed by atoms with Gasteiger partial charge in [0.1, 0.15) is 0 Å². The molecule has 304 valence electrons. The van der Waals surface area contributed by atoms with Gasteiger partial charge in [-0.25, -0.2) is 0 Å². The van der Waals surface area contributed by atoms with Gasteiger partial charge in [0.2, 0.25) is 0 Å². The molecule has 2 aromatic rings. The molecule has 0 aliphatic heterocycles. The van der Waals surface area contributed by atoms with Crippen LogP contribution in [0.25, 0.3) is 11.2 Å². The van der Waals surface area contributed by atoms with Gasteiger partial charge in [0.05, 0.1) is 0 Å². The third-order valence-corrected chi connectivity index (χ3v) is 41.5. The second-order valence-electron chi connectivity index (χ2n) is 20.8. The molecule has 8 nitrogen and oxygen atoms in total.